The van der Waals surface area contributed by atoms with Crippen molar-refractivity contribution < 1.29 is 4.79 Å². The van der Waals surface area contributed by atoms with Crippen molar-refractivity contribution in [2.45, 2.75) is 38.6 Å². The van der Waals surface area contributed by atoms with Crippen molar-refractivity contribution in [3.8, 4) is 0 Å². The summed E-state index contributed by atoms with van der Waals surface area (Å²) in [5.41, 5.74) is 6.38. The highest BCUT2D eigenvalue weighted by atomic mass is 32.1. The van der Waals surface area contributed by atoms with Crippen molar-refractivity contribution in [3.05, 3.63) is 16.1 Å². The number of rotatable bonds is 3. The Morgan fingerprint density at radius 3 is 2.65 bits per heavy atom. The molecule has 94 valence electrons. The molecule has 1 aliphatic rings. The highest BCUT2D eigenvalue weighted by Gasteiger charge is 2.16. The molecule has 0 radical (unpaired) electrons. The Morgan fingerprint density at radius 2 is 2.06 bits per heavy atom. The number of likely N-dealkylation sites (tertiary alicyclic amines) is 1. The first kappa shape index (κ1) is 12.5. The zero-order valence-corrected chi connectivity index (χ0v) is 10.8. The van der Waals surface area contributed by atoms with Gasteiger partial charge in [0.1, 0.15) is 5.01 Å². The summed E-state index contributed by atoms with van der Waals surface area (Å²) in [5, 5.41) is 2.85. The van der Waals surface area contributed by atoms with Gasteiger partial charge in [-0.15, -0.1) is 11.3 Å². The minimum Gasteiger partial charge on any atom is -0.342 e. The zero-order chi connectivity index (χ0) is 12.1. The summed E-state index contributed by atoms with van der Waals surface area (Å²) < 4.78 is 0. The highest BCUT2D eigenvalue weighted by Crippen LogP contribution is 2.13. The Balaban J connectivity index is 1.90. The lowest BCUT2D eigenvalue weighted by Gasteiger charge is -2.19. The molecule has 0 bridgehead atoms. The molecule has 2 heterocycles. The molecule has 0 aromatic carbocycles. The minimum absolute atomic E-state index is 0.209. The summed E-state index contributed by atoms with van der Waals surface area (Å²) >= 11 is 1.54. The van der Waals surface area contributed by atoms with E-state index < -0.39 is 0 Å². The average Bonchev–Trinajstić information content (AvgIpc) is 2.62. The molecule has 17 heavy (non-hydrogen) atoms. The fourth-order valence-electron chi connectivity index (χ4n) is 2.11. The van der Waals surface area contributed by atoms with Crippen molar-refractivity contribution in [3.63, 3.8) is 0 Å². The third kappa shape index (κ3) is 3.51. The van der Waals surface area contributed by atoms with Crippen molar-refractivity contribution >= 4 is 17.2 Å². The largest absolute Gasteiger partial charge is 0.342 e. The van der Waals surface area contributed by atoms with Gasteiger partial charge in [-0.2, -0.15) is 0 Å². The molecule has 4 nitrogen and oxygen atoms in total. The number of hydrogen-bond acceptors (Lipinski definition) is 4. The molecular weight excluding hydrogens is 234 g/mol. The molecule has 2 rings (SSSR count). The van der Waals surface area contributed by atoms with E-state index in [1.807, 2.05) is 10.3 Å². The Hall–Kier alpha value is -0.940. The van der Waals surface area contributed by atoms with Gasteiger partial charge in [-0.25, -0.2) is 4.98 Å². The normalized spacial score (nSPS) is 16.9. The number of aromatic nitrogens is 1. The van der Waals surface area contributed by atoms with E-state index in [9.17, 15) is 4.79 Å². The van der Waals surface area contributed by atoms with Gasteiger partial charge in [-0.1, -0.05) is 12.8 Å². The van der Waals surface area contributed by atoms with Gasteiger partial charge in [0, 0.05) is 25.0 Å². The van der Waals surface area contributed by atoms with E-state index in [0.29, 0.717) is 13.0 Å². The third-order valence-electron chi connectivity index (χ3n) is 3.07. The van der Waals surface area contributed by atoms with Crippen LogP contribution in [0.3, 0.4) is 0 Å². The lowest BCUT2D eigenvalue weighted by molar-refractivity contribution is -0.130. The number of carbonyl (C=O) groups excluding carboxylic acids is 1. The first-order valence-electron chi connectivity index (χ1n) is 6.20. The summed E-state index contributed by atoms with van der Waals surface area (Å²) in [5.74, 6) is 0.209. The summed E-state index contributed by atoms with van der Waals surface area (Å²) in [6, 6.07) is 0. The van der Waals surface area contributed by atoms with Crippen LogP contribution in [-0.4, -0.2) is 28.9 Å². The monoisotopic (exact) mass is 253 g/mol. The molecule has 0 spiro atoms. The molecule has 1 saturated heterocycles. The molecule has 0 unspecified atom stereocenters. The first-order chi connectivity index (χ1) is 8.29. The van der Waals surface area contributed by atoms with Crippen LogP contribution in [0.2, 0.25) is 0 Å². The maximum atomic E-state index is 12.1. The van der Waals surface area contributed by atoms with Crippen LogP contribution in [0.25, 0.3) is 0 Å². The summed E-state index contributed by atoms with van der Waals surface area (Å²) in [6.07, 6.45) is 5.19. The number of carbonyl (C=O) groups is 1. The number of nitrogens with two attached hydrogens (primary N) is 1. The standard InChI is InChI=1S/C12H19N3OS/c13-8-11-14-10(9-17-11)7-12(16)15-5-3-1-2-4-6-15/h9H,1-8,13H2. The average molecular weight is 253 g/mol. The van der Waals surface area contributed by atoms with Crippen molar-refractivity contribution in [1.82, 2.24) is 9.88 Å². The highest BCUT2D eigenvalue weighted by molar-refractivity contribution is 7.09. The Bertz CT molecular complexity index is 370. The Labute approximate surface area is 106 Å². The van der Waals surface area contributed by atoms with E-state index in [1.165, 1.54) is 24.2 Å². The van der Waals surface area contributed by atoms with Crippen LogP contribution in [0.5, 0.6) is 0 Å². The van der Waals surface area contributed by atoms with Gasteiger partial charge in [0.15, 0.2) is 0 Å². The maximum absolute atomic E-state index is 12.1. The molecule has 1 aliphatic heterocycles. The second kappa shape index (κ2) is 6.12. The van der Waals surface area contributed by atoms with Gasteiger partial charge < -0.3 is 10.6 Å². The molecule has 0 atom stereocenters. The number of amides is 1. The van der Waals surface area contributed by atoms with E-state index in [-0.39, 0.29) is 5.91 Å². The van der Waals surface area contributed by atoms with E-state index in [1.54, 1.807) is 0 Å². The lowest BCUT2D eigenvalue weighted by atomic mass is 10.2. The first-order valence-corrected chi connectivity index (χ1v) is 7.08. The molecule has 0 saturated carbocycles. The predicted molar refractivity (Wildman–Crippen MR) is 68.8 cm³/mol. The molecule has 2 N–H and O–H groups in total. The van der Waals surface area contributed by atoms with Gasteiger partial charge in [-0.05, 0) is 12.8 Å². The lowest BCUT2D eigenvalue weighted by Crippen LogP contribution is -2.33. The number of nitrogens with zero attached hydrogens (tertiary/aromatic N) is 2. The van der Waals surface area contributed by atoms with Gasteiger partial charge in [0.05, 0.1) is 12.1 Å². The molecular formula is C12H19N3OS. The van der Waals surface area contributed by atoms with Crippen molar-refractivity contribution in [1.29, 1.82) is 0 Å². The molecule has 0 aliphatic carbocycles. The van der Waals surface area contributed by atoms with Crippen molar-refractivity contribution in [2.75, 3.05) is 13.1 Å². The fraction of sp³-hybridized carbons (Fsp3) is 0.667. The molecule has 1 aromatic heterocycles. The van der Waals surface area contributed by atoms with E-state index >= 15 is 0 Å². The minimum atomic E-state index is 0.209. The summed E-state index contributed by atoms with van der Waals surface area (Å²) in [6.45, 7) is 2.28. The number of hydrogen-bond donors (Lipinski definition) is 1. The molecule has 1 amide bonds. The summed E-state index contributed by atoms with van der Waals surface area (Å²) in [7, 11) is 0. The second-order valence-corrected chi connectivity index (χ2v) is 5.35. The molecule has 1 fully saturated rings. The Morgan fingerprint density at radius 1 is 1.35 bits per heavy atom. The quantitative estimate of drug-likeness (QED) is 0.889. The van der Waals surface area contributed by atoms with Gasteiger partial charge >= 0.3 is 0 Å². The molecule has 1 aromatic rings. The smallest absolute Gasteiger partial charge is 0.228 e. The van der Waals surface area contributed by atoms with Crippen LogP contribution in [-0.2, 0) is 17.8 Å². The molecule has 5 heteroatoms. The van der Waals surface area contributed by atoms with E-state index in [2.05, 4.69) is 4.98 Å². The van der Waals surface area contributed by atoms with Crippen LogP contribution in [0.15, 0.2) is 5.38 Å². The van der Waals surface area contributed by atoms with Crippen molar-refractivity contribution in [2.24, 2.45) is 5.73 Å². The zero-order valence-electron chi connectivity index (χ0n) is 10.0. The van der Waals surface area contributed by atoms with Crippen LogP contribution in [0.4, 0.5) is 0 Å². The third-order valence-corrected chi connectivity index (χ3v) is 3.98. The van der Waals surface area contributed by atoms with Gasteiger partial charge in [-0.3, -0.25) is 4.79 Å². The SMILES string of the molecule is NCc1nc(CC(=O)N2CCCCCC2)cs1. The van der Waals surface area contributed by atoms with Crippen LogP contribution >= 0.6 is 11.3 Å². The van der Waals surface area contributed by atoms with Crippen LogP contribution in [0, 0.1) is 0 Å². The summed E-state index contributed by atoms with van der Waals surface area (Å²) in [4.78, 5) is 18.4. The van der Waals surface area contributed by atoms with Gasteiger partial charge in [0.2, 0.25) is 5.91 Å². The van der Waals surface area contributed by atoms with E-state index in [4.69, 9.17) is 5.73 Å². The maximum Gasteiger partial charge on any atom is 0.228 e. The topological polar surface area (TPSA) is 59.2 Å². The predicted octanol–water partition coefficient (Wildman–Crippen LogP) is 1.55. The van der Waals surface area contributed by atoms with Crippen LogP contribution < -0.4 is 5.73 Å². The Kier molecular flexibility index (Phi) is 4.50. The van der Waals surface area contributed by atoms with Crippen LogP contribution in [0.1, 0.15) is 36.4 Å². The number of thiazole rings is 1. The van der Waals surface area contributed by atoms with Gasteiger partial charge in [0.25, 0.3) is 0 Å². The second-order valence-electron chi connectivity index (χ2n) is 4.41. The van der Waals surface area contributed by atoms with E-state index in [0.717, 1.165) is 36.6 Å². The fourth-order valence-corrected chi connectivity index (χ4v) is 2.78.